The normalized spacial score (nSPS) is 18.7. The van der Waals surface area contributed by atoms with E-state index in [4.69, 9.17) is 0 Å². The lowest BCUT2D eigenvalue weighted by atomic mass is 9.91. The Labute approximate surface area is 157 Å². The van der Waals surface area contributed by atoms with Crippen LogP contribution in [0.5, 0.6) is 0 Å². The number of rotatable bonds is 5. The number of hydrogen-bond donors (Lipinski definition) is 1. The fourth-order valence-electron chi connectivity index (χ4n) is 3.65. The van der Waals surface area contributed by atoms with Crippen molar-refractivity contribution in [2.75, 3.05) is 6.54 Å². The Balaban J connectivity index is 2.14. The molecular formula is C21H25F3N2O. The Morgan fingerprint density at radius 1 is 1.22 bits per heavy atom. The SMILES string of the molecule is CCCCc1cc(C(N2CC(C)(C)C(=O)N2)C(F)(F)F)c2ccccc2c1. The maximum Gasteiger partial charge on any atom is 0.409 e. The first-order valence-electron chi connectivity index (χ1n) is 9.29. The zero-order valence-electron chi connectivity index (χ0n) is 15.9. The zero-order valence-corrected chi connectivity index (χ0v) is 15.9. The monoisotopic (exact) mass is 378 g/mol. The maximum atomic E-state index is 14.2. The van der Waals surface area contributed by atoms with Crippen LogP contribution in [-0.2, 0) is 11.2 Å². The smallest absolute Gasteiger partial charge is 0.287 e. The Hall–Kier alpha value is -2.08. The minimum Gasteiger partial charge on any atom is -0.287 e. The minimum atomic E-state index is -4.51. The van der Waals surface area contributed by atoms with Gasteiger partial charge in [0.05, 0.1) is 5.41 Å². The van der Waals surface area contributed by atoms with E-state index in [2.05, 4.69) is 12.3 Å². The number of hydrazine groups is 1. The third kappa shape index (κ3) is 3.95. The third-order valence-corrected chi connectivity index (χ3v) is 5.11. The number of aryl methyl sites for hydroxylation is 1. The molecule has 0 radical (unpaired) electrons. The molecule has 3 nitrogen and oxygen atoms in total. The van der Waals surface area contributed by atoms with Crippen LogP contribution >= 0.6 is 0 Å². The molecule has 146 valence electrons. The lowest BCUT2D eigenvalue weighted by Crippen LogP contribution is -2.43. The molecule has 2 aromatic rings. The highest BCUT2D eigenvalue weighted by atomic mass is 19.4. The summed E-state index contributed by atoms with van der Waals surface area (Å²) in [6.45, 7) is 5.38. The summed E-state index contributed by atoms with van der Waals surface area (Å²) in [4.78, 5) is 12.1. The molecule has 1 aliphatic rings. The summed E-state index contributed by atoms with van der Waals surface area (Å²) in [5.74, 6) is -0.386. The molecule has 1 atom stereocenters. The van der Waals surface area contributed by atoms with Crippen LogP contribution in [0, 0.1) is 5.41 Å². The first kappa shape index (κ1) is 19.7. The van der Waals surface area contributed by atoms with Crippen LogP contribution in [0.4, 0.5) is 13.2 Å². The number of carbonyl (C=O) groups excluding carboxylic acids is 1. The van der Waals surface area contributed by atoms with Crippen molar-refractivity contribution < 1.29 is 18.0 Å². The number of nitrogens with one attached hydrogen (secondary N) is 1. The molecule has 0 saturated carbocycles. The lowest BCUT2D eigenvalue weighted by molar-refractivity contribution is -0.191. The van der Waals surface area contributed by atoms with Crippen molar-refractivity contribution in [1.29, 1.82) is 0 Å². The summed E-state index contributed by atoms with van der Waals surface area (Å²) in [6, 6.07) is 8.89. The van der Waals surface area contributed by atoms with E-state index < -0.39 is 17.6 Å². The zero-order chi connectivity index (χ0) is 19.8. The van der Waals surface area contributed by atoms with E-state index in [1.165, 1.54) is 0 Å². The molecule has 0 bridgehead atoms. The molecule has 3 rings (SSSR count). The highest BCUT2D eigenvalue weighted by Crippen LogP contribution is 2.43. The van der Waals surface area contributed by atoms with Gasteiger partial charge >= 0.3 is 6.18 Å². The van der Waals surface area contributed by atoms with Crippen molar-refractivity contribution in [3.05, 3.63) is 47.5 Å². The van der Waals surface area contributed by atoms with E-state index in [0.717, 1.165) is 35.2 Å². The summed E-state index contributed by atoms with van der Waals surface area (Å²) in [5, 5.41) is 2.41. The molecular weight excluding hydrogens is 353 g/mol. The van der Waals surface area contributed by atoms with E-state index in [1.807, 2.05) is 18.2 Å². The van der Waals surface area contributed by atoms with Gasteiger partial charge in [0.25, 0.3) is 0 Å². The van der Waals surface area contributed by atoms with Gasteiger partial charge in [-0.15, -0.1) is 0 Å². The quantitative estimate of drug-likeness (QED) is 0.780. The lowest BCUT2D eigenvalue weighted by Gasteiger charge is -2.31. The first-order valence-corrected chi connectivity index (χ1v) is 9.29. The second-order valence-corrected chi connectivity index (χ2v) is 7.91. The van der Waals surface area contributed by atoms with Crippen LogP contribution in [0.15, 0.2) is 36.4 Å². The fraction of sp³-hybridized carbons (Fsp3) is 0.476. The average Bonchev–Trinajstić information content (AvgIpc) is 2.84. The topological polar surface area (TPSA) is 32.3 Å². The molecule has 1 saturated heterocycles. The Morgan fingerprint density at radius 2 is 1.93 bits per heavy atom. The van der Waals surface area contributed by atoms with Gasteiger partial charge in [0.1, 0.15) is 0 Å². The van der Waals surface area contributed by atoms with Crippen LogP contribution in [-0.4, -0.2) is 23.6 Å². The number of halogens is 3. The summed E-state index contributed by atoms with van der Waals surface area (Å²) in [6.07, 6.45) is -1.89. The molecule has 0 aliphatic carbocycles. The molecule has 0 spiro atoms. The van der Waals surface area contributed by atoms with Gasteiger partial charge in [-0.2, -0.15) is 13.2 Å². The largest absolute Gasteiger partial charge is 0.409 e. The molecule has 0 aromatic heterocycles. The van der Waals surface area contributed by atoms with Gasteiger partial charge < -0.3 is 0 Å². The Kier molecular flexibility index (Phi) is 5.21. The first-order chi connectivity index (χ1) is 12.6. The number of carbonyl (C=O) groups is 1. The number of alkyl halides is 3. The van der Waals surface area contributed by atoms with Crippen LogP contribution in [0.2, 0.25) is 0 Å². The minimum absolute atomic E-state index is 0.00350. The van der Waals surface area contributed by atoms with Gasteiger partial charge in [0.2, 0.25) is 5.91 Å². The number of hydrogen-bond acceptors (Lipinski definition) is 2. The maximum absolute atomic E-state index is 14.2. The number of nitrogens with zero attached hydrogens (tertiary/aromatic N) is 1. The summed E-state index contributed by atoms with van der Waals surface area (Å²) in [7, 11) is 0. The summed E-state index contributed by atoms with van der Waals surface area (Å²) >= 11 is 0. The van der Waals surface area contributed by atoms with Gasteiger partial charge in [-0.1, -0.05) is 49.7 Å². The highest BCUT2D eigenvalue weighted by molar-refractivity contribution is 5.87. The molecule has 2 aromatic carbocycles. The molecule has 1 aliphatic heterocycles. The second-order valence-electron chi connectivity index (χ2n) is 7.91. The summed E-state index contributed by atoms with van der Waals surface area (Å²) in [5.41, 5.74) is 2.68. The Bertz CT molecular complexity index is 845. The summed E-state index contributed by atoms with van der Waals surface area (Å²) < 4.78 is 42.5. The predicted molar refractivity (Wildman–Crippen MR) is 100.0 cm³/mol. The predicted octanol–water partition coefficient (Wildman–Crippen LogP) is 5.16. The molecule has 1 heterocycles. The van der Waals surface area contributed by atoms with E-state index >= 15 is 0 Å². The van der Waals surface area contributed by atoms with Crippen molar-refractivity contribution >= 4 is 16.7 Å². The van der Waals surface area contributed by atoms with Crippen molar-refractivity contribution in [2.24, 2.45) is 5.41 Å². The van der Waals surface area contributed by atoms with E-state index in [1.54, 1.807) is 32.0 Å². The number of unbranched alkanes of at least 4 members (excludes halogenated alkanes) is 1. The molecule has 6 heteroatoms. The highest BCUT2D eigenvalue weighted by Gasteiger charge is 2.51. The van der Waals surface area contributed by atoms with Gasteiger partial charge in [0, 0.05) is 6.54 Å². The average molecular weight is 378 g/mol. The number of amides is 1. The van der Waals surface area contributed by atoms with Gasteiger partial charge in [-0.3, -0.25) is 10.2 Å². The van der Waals surface area contributed by atoms with Crippen LogP contribution in [0.3, 0.4) is 0 Å². The van der Waals surface area contributed by atoms with Gasteiger partial charge in [-0.25, -0.2) is 5.01 Å². The fourth-order valence-corrected chi connectivity index (χ4v) is 3.65. The standard InChI is InChI=1S/C21H25F3N2O/c1-4-5-8-14-11-15-9-6-7-10-16(15)17(12-14)18(21(22,23)24)26-13-20(2,3)19(27)25-26/h6-7,9-12,18H,4-5,8,13H2,1-3H3,(H,25,27). The van der Waals surface area contributed by atoms with Gasteiger partial charge in [0.15, 0.2) is 6.04 Å². The molecule has 27 heavy (non-hydrogen) atoms. The van der Waals surface area contributed by atoms with Crippen LogP contribution in [0.25, 0.3) is 10.8 Å². The van der Waals surface area contributed by atoms with Gasteiger partial charge in [-0.05, 0) is 48.6 Å². The Morgan fingerprint density at radius 3 is 2.52 bits per heavy atom. The van der Waals surface area contributed by atoms with Crippen molar-refractivity contribution in [3.8, 4) is 0 Å². The van der Waals surface area contributed by atoms with E-state index in [0.29, 0.717) is 5.39 Å². The third-order valence-electron chi connectivity index (χ3n) is 5.11. The number of fused-ring (bicyclic) bond motifs is 1. The van der Waals surface area contributed by atoms with Crippen LogP contribution < -0.4 is 5.43 Å². The van der Waals surface area contributed by atoms with Crippen molar-refractivity contribution in [3.63, 3.8) is 0 Å². The second kappa shape index (κ2) is 7.15. The molecule has 1 N–H and O–H groups in total. The molecule has 1 unspecified atom stereocenters. The number of benzene rings is 2. The van der Waals surface area contributed by atoms with E-state index in [9.17, 15) is 18.0 Å². The molecule has 1 amide bonds. The van der Waals surface area contributed by atoms with Crippen molar-refractivity contribution in [2.45, 2.75) is 52.3 Å². The molecule has 1 fully saturated rings. The van der Waals surface area contributed by atoms with Crippen molar-refractivity contribution in [1.82, 2.24) is 10.4 Å². The van der Waals surface area contributed by atoms with Crippen LogP contribution in [0.1, 0.15) is 50.8 Å². The van der Waals surface area contributed by atoms with E-state index in [-0.39, 0.29) is 18.0 Å².